The average molecular weight is 283 g/mol. The fourth-order valence-electron chi connectivity index (χ4n) is 2.82. The van der Waals surface area contributed by atoms with Gasteiger partial charge in [0.25, 0.3) is 0 Å². The Kier molecular flexibility index (Phi) is 4.07. The van der Waals surface area contributed by atoms with Gasteiger partial charge in [0.15, 0.2) is 0 Å². The van der Waals surface area contributed by atoms with Crippen LogP contribution in [0.5, 0.6) is 0 Å². The zero-order valence-corrected chi connectivity index (χ0v) is 12.6. The molecule has 0 spiro atoms. The summed E-state index contributed by atoms with van der Waals surface area (Å²) < 4.78 is 13.1. The smallest absolute Gasteiger partial charge is 0.123 e. The van der Waals surface area contributed by atoms with Crippen molar-refractivity contribution in [2.75, 3.05) is 0 Å². The first kappa shape index (κ1) is 14.3. The van der Waals surface area contributed by atoms with E-state index in [0.717, 1.165) is 0 Å². The van der Waals surface area contributed by atoms with Crippen LogP contribution in [-0.2, 0) is 0 Å². The van der Waals surface area contributed by atoms with Crippen LogP contribution in [0.2, 0.25) is 0 Å². The third-order valence-electron chi connectivity index (χ3n) is 4.33. The van der Waals surface area contributed by atoms with E-state index in [0.29, 0.717) is 18.0 Å². The summed E-state index contributed by atoms with van der Waals surface area (Å²) in [6, 6.07) is 16.2. The predicted molar refractivity (Wildman–Crippen MR) is 84.6 cm³/mol. The molecule has 0 aromatic heterocycles. The summed E-state index contributed by atoms with van der Waals surface area (Å²) in [6.07, 6.45) is 2.52. The van der Waals surface area contributed by atoms with E-state index in [1.807, 2.05) is 12.1 Å². The summed E-state index contributed by atoms with van der Waals surface area (Å²) in [4.78, 5) is 0. The molecule has 1 fully saturated rings. The van der Waals surface area contributed by atoms with Crippen molar-refractivity contribution in [2.45, 2.75) is 38.8 Å². The Hall–Kier alpha value is -1.67. The lowest BCUT2D eigenvalue weighted by Gasteiger charge is -2.24. The fraction of sp³-hybridized carbons (Fsp3) is 0.368. The highest BCUT2D eigenvalue weighted by Gasteiger charge is 2.33. The largest absolute Gasteiger partial charge is 0.303 e. The third-order valence-corrected chi connectivity index (χ3v) is 4.33. The van der Waals surface area contributed by atoms with Crippen molar-refractivity contribution in [1.29, 1.82) is 0 Å². The first-order valence-corrected chi connectivity index (χ1v) is 7.71. The Bertz CT molecular complexity index is 584. The van der Waals surface area contributed by atoms with Gasteiger partial charge in [0.1, 0.15) is 5.82 Å². The van der Waals surface area contributed by atoms with Crippen molar-refractivity contribution < 1.29 is 4.39 Å². The maximum atomic E-state index is 13.1. The lowest BCUT2D eigenvalue weighted by atomic mass is 9.99. The predicted octanol–water partition coefficient (Wildman–Crippen LogP) is 4.94. The van der Waals surface area contributed by atoms with Crippen LogP contribution in [0, 0.1) is 18.7 Å². The first-order valence-electron chi connectivity index (χ1n) is 7.71. The molecule has 1 nitrogen and oxygen atoms in total. The molecule has 0 saturated heterocycles. The van der Waals surface area contributed by atoms with Gasteiger partial charge in [-0.2, -0.15) is 0 Å². The van der Waals surface area contributed by atoms with Crippen LogP contribution < -0.4 is 5.32 Å². The number of nitrogens with one attached hydrogen (secondary N) is 1. The van der Waals surface area contributed by atoms with E-state index >= 15 is 0 Å². The van der Waals surface area contributed by atoms with E-state index < -0.39 is 0 Å². The van der Waals surface area contributed by atoms with Gasteiger partial charge in [-0.05, 0) is 55.9 Å². The Balaban J connectivity index is 1.76. The van der Waals surface area contributed by atoms with Gasteiger partial charge in [0.05, 0.1) is 0 Å². The van der Waals surface area contributed by atoms with Crippen molar-refractivity contribution >= 4 is 0 Å². The monoisotopic (exact) mass is 283 g/mol. The van der Waals surface area contributed by atoms with Crippen molar-refractivity contribution in [3.63, 3.8) is 0 Å². The molecule has 1 saturated carbocycles. The van der Waals surface area contributed by atoms with E-state index in [2.05, 4.69) is 43.4 Å². The fourth-order valence-corrected chi connectivity index (χ4v) is 2.82. The quantitative estimate of drug-likeness (QED) is 0.820. The summed E-state index contributed by atoms with van der Waals surface area (Å²) in [5.74, 6) is 0.517. The van der Waals surface area contributed by atoms with E-state index in [4.69, 9.17) is 0 Å². The van der Waals surface area contributed by atoms with E-state index in [9.17, 15) is 4.39 Å². The maximum absolute atomic E-state index is 13.1. The van der Waals surface area contributed by atoms with Gasteiger partial charge in [-0.25, -0.2) is 4.39 Å². The summed E-state index contributed by atoms with van der Waals surface area (Å²) in [5.41, 5.74) is 3.77. The lowest BCUT2D eigenvalue weighted by molar-refractivity contribution is 0.427. The molecule has 2 aromatic carbocycles. The van der Waals surface area contributed by atoms with Gasteiger partial charge in [-0.15, -0.1) is 0 Å². The minimum absolute atomic E-state index is 0.167. The highest BCUT2D eigenvalue weighted by Crippen LogP contribution is 2.42. The standard InChI is InChI=1S/C19H22FN/c1-13-3-5-15(6-4-13)14(2)21-19(16-7-8-16)17-9-11-18(20)12-10-17/h3-6,9-12,14,16,19,21H,7-8H2,1-2H3/t14-,19?/m1/s1. The molecule has 110 valence electrons. The Labute approximate surface area is 126 Å². The highest BCUT2D eigenvalue weighted by atomic mass is 19.1. The first-order chi connectivity index (χ1) is 10.1. The Morgan fingerprint density at radius 2 is 1.52 bits per heavy atom. The summed E-state index contributed by atoms with van der Waals surface area (Å²) in [5, 5.41) is 3.73. The van der Waals surface area contributed by atoms with Crippen LogP contribution in [0.3, 0.4) is 0 Å². The highest BCUT2D eigenvalue weighted by molar-refractivity contribution is 5.26. The second-order valence-corrected chi connectivity index (χ2v) is 6.17. The molecule has 1 aliphatic carbocycles. The molecule has 0 bridgehead atoms. The molecule has 2 heteroatoms. The average Bonchev–Trinajstić information content (AvgIpc) is 3.31. The second kappa shape index (κ2) is 5.98. The molecule has 21 heavy (non-hydrogen) atoms. The molecule has 0 heterocycles. The molecule has 0 aliphatic heterocycles. The van der Waals surface area contributed by atoms with Crippen LogP contribution in [0.4, 0.5) is 4.39 Å². The second-order valence-electron chi connectivity index (χ2n) is 6.17. The molecular formula is C19H22FN. The number of halogens is 1. The van der Waals surface area contributed by atoms with Crippen LogP contribution in [0.25, 0.3) is 0 Å². The van der Waals surface area contributed by atoms with Crippen molar-refractivity contribution in [3.8, 4) is 0 Å². The molecule has 2 atom stereocenters. The molecule has 1 aliphatic rings. The van der Waals surface area contributed by atoms with Gasteiger partial charge < -0.3 is 5.32 Å². The summed E-state index contributed by atoms with van der Waals surface area (Å²) >= 11 is 0. The third kappa shape index (κ3) is 3.51. The zero-order chi connectivity index (χ0) is 14.8. The molecule has 3 rings (SSSR count). The minimum atomic E-state index is -0.167. The zero-order valence-electron chi connectivity index (χ0n) is 12.6. The lowest BCUT2D eigenvalue weighted by Crippen LogP contribution is -2.26. The van der Waals surface area contributed by atoms with Crippen molar-refractivity contribution in [3.05, 3.63) is 71.0 Å². The SMILES string of the molecule is Cc1ccc([C@@H](C)NC(c2ccc(F)cc2)C2CC2)cc1. The molecular weight excluding hydrogens is 261 g/mol. The van der Waals surface area contributed by atoms with Crippen LogP contribution in [0.1, 0.15) is 48.5 Å². The number of hydrogen-bond donors (Lipinski definition) is 1. The van der Waals surface area contributed by atoms with Gasteiger partial charge in [-0.1, -0.05) is 42.0 Å². The van der Waals surface area contributed by atoms with Gasteiger partial charge in [0.2, 0.25) is 0 Å². The van der Waals surface area contributed by atoms with E-state index in [1.165, 1.54) is 29.5 Å². The van der Waals surface area contributed by atoms with Crippen LogP contribution in [0.15, 0.2) is 48.5 Å². The van der Waals surface area contributed by atoms with Gasteiger partial charge in [-0.3, -0.25) is 0 Å². The van der Waals surface area contributed by atoms with Gasteiger partial charge >= 0.3 is 0 Å². The number of aryl methyl sites for hydroxylation is 1. The van der Waals surface area contributed by atoms with E-state index in [1.54, 1.807) is 12.1 Å². The maximum Gasteiger partial charge on any atom is 0.123 e. The minimum Gasteiger partial charge on any atom is -0.303 e. The number of rotatable bonds is 5. The molecule has 1 unspecified atom stereocenters. The summed E-state index contributed by atoms with van der Waals surface area (Å²) in [7, 11) is 0. The van der Waals surface area contributed by atoms with Crippen LogP contribution >= 0.6 is 0 Å². The Morgan fingerprint density at radius 3 is 2.10 bits per heavy atom. The van der Waals surface area contributed by atoms with Gasteiger partial charge in [0, 0.05) is 12.1 Å². The number of hydrogen-bond acceptors (Lipinski definition) is 1. The molecule has 2 aromatic rings. The molecule has 0 amide bonds. The van der Waals surface area contributed by atoms with Crippen molar-refractivity contribution in [1.82, 2.24) is 5.32 Å². The number of benzene rings is 2. The van der Waals surface area contributed by atoms with Crippen LogP contribution in [-0.4, -0.2) is 0 Å². The summed E-state index contributed by atoms with van der Waals surface area (Å²) in [6.45, 7) is 4.30. The normalized spacial score (nSPS) is 17.5. The van der Waals surface area contributed by atoms with Crippen molar-refractivity contribution in [2.24, 2.45) is 5.92 Å². The topological polar surface area (TPSA) is 12.0 Å². The molecule has 0 radical (unpaired) electrons. The molecule has 1 N–H and O–H groups in total. The van der Waals surface area contributed by atoms with E-state index in [-0.39, 0.29) is 5.82 Å². The Morgan fingerprint density at radius 1 is 0.952 bits per heavy atom.